The molecule has 4 nitrogen and oxygen atoms in total. The number of nitrogens with zero attached hydrogens (tertiary/aromatic N) is 2. The molecule has 1 N–H and O–H groups in total. The van der Waals surface area contributed by atoms with Crippen LogP contribution in [0, 0.1) is 20.8 Å². The van der Waals surface area contributed by atoms with Crippen LogP contribution in [0.1, 0.15) is 33.6 Å². The summed E-state index contributed by atoms with van der Waals surface area (Å²) in [5.41, 5.74) is 8.38. The summed E-state index contributed by atoms with van der Waals surface area (Å²) in [6, 6.07) is 22.6. The number of nitrogens with one attached hydrogen (secondary N) is 1. The summed E-state index contributed by atoms with van der Waals surface area (Å²) in [4.78, 5) is 17.2. The normalized spacial score (nSPS) is 11.1. The second-order valence-corrected chi connectivity index (χ2v) is 8.24. The molecule has 0 aliphatic rings. The molecule has 0 saturated heterocycles. The van der Waals surface area contributed by atoms with Gasteiger partial charge in [0.2, 0.25) is 5.91 Å². The number of para-hydroxylation sites is 2. The molecule has 0 bridgehead atoms. The maximum absolute atomic E-state index is 12.3. The zero-order valence-corrected chi connectivity index (χ0v) is 18.5. The Morgan fingerprint density at radius 1 is 0.935 bits per heavy atom. The van der Waals surface area contributed by atoms with Crippen LogP contribution in [-0.2, 0) is 24.2 Å². The molecule has 0 spiro atoms. The first kappa shape index (κ1) is 20.9. The molecule has 1 aromatic heterocycles. The monoisotopic (exact) mass is 411 g/mol. The van der Waals surface area contributed by atoms with Crippen LogP contribution in [0.2, 0.25) is 0 Å². The van der Waals surface area contributed by atoms with E-state index < -0.39 is 0 Å². The fourth-order valence-electron chi connectivity index (χ4n) is 4.27. The van der Waals surface area contributed by atoms with Gasteiger partial charge in [0.05, 0.1) is 17.5 Å². The molecule has 0 unspecified atom stereocenters. The number of hydrogen-bond donors (Lipinski definition) is 1. The van der Waals surface area contributed by atoms with Crippen LogP contribution in [-0.4, -0.2) is 22.0 Å². The Morgan fingerprint density at radius 3 is 2.35 bits per heavy atom. The van der Waals surface area contributed by atoms with Gasteiger partial charge in [-0.05, 0) is 55.2 Å². The zero-order valence-electron chi connectivity index (χ0n) is 18.5. The highest BCUT2D eigenvalue weighted by molar-refractivity contribution is 5.78. The SMILES string of the molecule is Cc1cc(C)c(Cn2c(CCNC(=O)Cc3ccccc3)nc3ccccc32)c(C)c1. The molecule has 0 fully saturated rings. The van der Waals surface area contributed by atoms with Crippen molar-refractivity contribution in [2.45, 2.75) is 40.2 Å². The molecule has 158 valence electrons. The summed E-state index contributed by atoms with van der Waals surface area (Å²) in [7, 11) is 0. The van der Waals surface area contributed by atoms with Crippen molar-refractivity contribution in [1.82, 2.24) is 14.9 Å². The summed E-state index contributed by atoms with van der Waals surface area (Å²) in [6.07, 6.45) is 1.10. The van der Waals surface area contributed by atoms with Crippen LogP contribution in [0.15, 0.2) is 66.7 Å². The van der Waals surface area contributed by atoms with E-state index >= 15 is 0 Å². The van der Waals surface area contributed by atoms with E-state index in [1.165, 1.54) is 22.3 Å². The minimum absolute atomic E-state index is 0.0408. The Kier molecular flexibility index (Phi) is 6.17. The quantitative estimate of drug-likeness (QED) is 0.470. The molecule has 0 aliphatic heterocycles. The Bertz CT molecular complexity index is 1180. The predicted octanol–water partition coefficient (Wildman–Crippen LogP) is 4.91. The van der Waals surface area contributed by atoms with Crippen molar-refractivity contribution in [3.05, 3.63) is 100 Å². The van der Waals surface area contributed by atoms with Crippen LogP contribution < -0.4 is 5.32 Å². The first-order valence-electron chi connectivity index (χ1n) is 10.8. The number of amides is 1. The number of carbonyl (C=O) groups is 1. The number of aryl methyl sites for hydroxylation is 3. The number of rotatable bonds is 7. The van der Waals surface area contributed by atoms with E-state index in [4.69, 9.17) is 4.98 Å². The van der Waals surface area contributed by atoms with E-state index in [9.17, 15) is 4.79 Å². The standard InChI is InChI=1S/C27H29N3O/c1-19-15-20(2)23(21(3)16-19)18-30-25-12-8-7-11-24(25)29-26(30)13-14-28-27(31)17-22-9-5-4-6-10-22/h4-12,15-16H,13-14,17-18H2,1-3H3,(H,28,31). The van der Waals surface area contributed by atoms with Crippen molar-refractivity contribution in [3.63, 3.8) is 0 Å². The molecule has 0 aliphatic carbocycles. The number of imidazole rings is 1. The lowest BCUT2D eigenvalue weighted by molar-refractivity contribution is -0.120. The van der Waals surface area contributed by atoms with Crippen LogP contribution >= 0.6 is 0 Å². The third kappa shape index (κ3) is 4.85. The lowest BCUT2D eigenvalue weighted by atomic mass is 9.99. The molecule has 1 amide bonds. The predicted molar refractivity (Wildman–Crippen MR) is 126 cm³/mol. The van der Waals surface area contributed by atoms with Crippen molar-refractivity contribution in [3.8, 4) is 0 Å². The molecule has 1 heterocycles. The Hall–Kier alpha value is -3.40. The average Bonchev–Trinajstić information content (AvgIpc) is 3.08. The van der Waals surface area contributed by atoms with E-state index in [1.54, 1.807) is 0 Å². The van der Waals surface area contributed by atoms with E-state index in [0.29, 0.717) is 19.4 Å². The minimum Gasteiger partial charge on any atom is -0.355 e. The molecule has 4 rings (SSSR count). The van der Waals surface area contributed by atoms with Crippen molar-refractivity contribution < 1.29 is 4.79 Å². The highest BCUT2D eigenvalue weighted by atomic mass is 16.1. The van der Waals surface area contributed by atoms with Gasteiger partial charge in [0.1, 0.15) is 5.82 Å². The molecular weight excluding hydrogens is 382 g/mol. The zero-order chi connectivity index (χ0) is 21.8. The lowest BCUT2D eigenvalue weighted by Gasteiger charge is -2.15. The number of hydrogen-bond acceptors (Lipinski definition) is 2. The summed E-state index contributed by atoms with van der Waals surface area (Å²) < 4.78 is 2.29. The fourth-order valence-corrected chi connectivity index (χ4v) is 4.27. The van der Waals surface area contributed by atoms with Crippen molar-refractivity contribution in [2.75, 3.05) is 6.54 Å². The van der Waals surface area contributed by atoms with Crippen LogP contribution in [0.25, 0.3) is 11.0 Å². The van der Waals surface area contributed by atoms with Gasteiger partial charge in [-0.1, -0.05) is 60.2 Å². The third-order valence-electron chi connectivity index (χ3n) is 5.77. The van der Waals surface area contributed by atoms with Crippen LogP contribution in [0.4, 0.5) is 0 Å². The highest BCUT2D eigenvalue weighted by Gasteiger charge is 2.14. The molecule has 4 heteroatoms. The molecule has 31 heavy (non-hydrogen) atoms. The van der Waals surface area contributed by atoms with Gasteiger partial charge in [-0.2, -0.15) is 0 Å². The maximum Gasteiger partial charge on any atom is 0.224 e. The summed E-state index contributed by atoms with van der Waals surface area (Å²) >= 11 is 0. The van der Waals surface area contributed by atoms with Gasteiger partial charge in [-0.15, -0.1) is 0 Å². The molecule has 0 radical (unpaired) electrons. The van der Waals surface area contributed by atoms with Crippen molar-refractivity contribution >= 4 is 16.9 Å². The number of benzene rings is 3. The lowest BCUT2D eigenvalue weighted by Crippen LogP contribution is -2.28. The number of carbonyl (C=O) groups excluding carboxylic acids is 1. The average molecular weight is 412 g/mol. The van der Waals surface area contributed by atoms with Gasteiger partial charge in [0.25, 0.3) is 0 Å². The van der Waals surface area contributed by atoms with E-state index in [0.717, 1.165) is 29.0 Å². The van der Waals surface area contributed by atoms with E-state index in [-0.39, 0.29) is 5.91 Å². The largest absolute Gasteiger partial charge is 0.355 e. The Morgan fingerprint density at radius 2 is 1.61 bits per heavy atom. The summed E-state index contributed by atoms with van der Waals surface area (Å²) in [6.45, 7) is 7.85. The summed E-state index contributed by atoms with van der Waals surface area (Å²) in [5, 5.41) is 3.05. The highest BCUT2D eigenvalue weighted by Crippen LogP contribution is 2.22. The van der Waals surface area contributed by atoms with Crippen molar-refractivity contribution in [1.29, 1.82) is 0 Å². The van der Waals surface area contributed by atoms with Crippen LogP contribution in [0.3, 0.4) is 0 Å². The minimum atomic E-state index is 0.0408. The van der Waals surface area contributed by atoms with Crippen LogP contribution in [0.5, 0.6) is 0 Å². The Labute approximate surface area is 183 Å². The fraction of sp³-hybridized carbons (Fsp3) is 0.259. The van der Waals surface area contributed by atoms with E-state index in [2.05, 4.69) is 61.0 Å². The van der Waals surface area contributed by atoms with E-state index in [1.807, 2.05) is 36.4 Å². The van der Waals surface area contributed by atoms with Gasteiger partial charge < -0.3 is 9.88 Å². The second kappa shape index (κ2) is 9.17. The smallest absolute Gasteiger partial charge is 0.224 e. The van der Waals surface area contributed by atoms with Gasteiger partial charge in [-0.3, -0.25) is 4.79 Å². The Balaban J connectivity index is 1.52. The third-order valence-corrected chi connectivity index (χ3v) is 5.77. The molecule has 4 aromatic rings. The molecule has 3 aromatic carbocycles. The van der Waals surface area contributed by atoms with Crippen molar-refractivity contribution in [2.24, 2.45) is 0 Å². The van der Waals surface area contributed by atoms with Gasteiger partial charge in [-0.25, -0.2) is 4.98 Å². The molecular formula is C27H29N3O. The maximum atomic E-state index is 12.3. The van der Waals surface area contributed by atoms with Gasteiger partial charge in [0, 0.05) is 19.5 Å². The second-order valence-electron chi connectivity index (χ2n) is 8.24. The first-order chi connectivity index (χ1) is 15.0. The molecule has 0 atom stereocenters. The number of fused-ring (bicyclic) bond motifs is 1. The first-order valence-corrected chi connectivity index (χ1v) is 10.8. The topological polar surface area (TPSA) is 46.9 Å². The van der Waals surface area contributed by atoms with Gasteiger partial charge >= 0.3 is 0 Å². The van der Waals surface area contributed by atoms with Gasteiger partial charge in [0.15, 0.2) is 0 Å². The summed E-state index contributed by atoms with van der Waals surface area (Å²) in [5.74, 6) is 1.04. The number of aromatic nitrogens is 2. The molecule has 0 saturated carbocycles.